The Bertz CT molecular complexity index is 317. The normalized spacial score (nSPS) is 9.64. The van der Waals surface area contributed by atoms with Crippen LogP contribution in [0.25, 0.3) is 0 Å². The van der Waals surface area contributed by atoms with Gasteiger partial charge in [0.2, 0.25) is 11.9 Å². The van der Waals surface area contributed by atoms with E-state index in [1.165, 1.54) is 4.57 Å². The van der Waals surface area contributed by atoms with Gasteiger partial charge in [-0.05, 0) is 0 Å². The van der Waals surface area contributed by atoms with Crippen LogP contribution >= 0.6 is 0 Å². The van der Waals surface area contributed by atoms with Crippen molar-refractivity contribution in [3.05, 3.63) is 10.5 Å². The van der Waals surface area contributed by atoms with E-state index in [9.17, 15) is 4.79 Å². The minimum atomic E-state index is -0.579. The van der Waals surface area contributed by atoms with Crippen LogP contribution in [-0.4, -0.2) is 21.6 Å². The molecule has 3 N–H and O–H groups in total. The van der Waals surface area contributed by atoms with Crippen molar-refractivity contribution in [1.82, 2.24) is 14.5 Å². The largest absolute Gasteiger partial charge is 0.373 e. The number of hydrogen-bond donors (Lipinski definition) is 2. The first-order valence-corrected chi connectivity index (χ1v) is 3.03. The molecule has 0 aliphatic rings. The molecule has 1 heterocycles. The van der Waals surface area contributed by atoms with Crippen molar-refractivity contribution in [3.8, 4) is 0 Å². The quantitative estimate of drug-likeness (QED) is 0.532. The zero-order valence-corrected chi connectivity index (χ0v) is 6.33. The fourth-order valence-corrected chi connectivity index (χ4v) is 0.696. The smallest absolute Gasteiger partial charge is 0.369 e. The number of nitrogens with two attached hydrogens (primary N) is 1. The highest BCUT2D eigenvalue weighted by molar-refractivity contribution is 5.30. The van der Waals surface area contributed by atoms with Gasteiger partial charge in [0.05, 0.1) is 0 Å². The maximum absolute atomic E-state index is 10.7. The van der Waals surface area contributed by atoms with Crippen molar-refractivity contribution in [3.63, 3.8) is 0 Å². The Morgan fingerprint density at radius 2 is 2.18 bits per heavy atom. The lowest BCUT2D eigenvalue weighted by atomic mass is 10.8. The molecule has 0 unspecified atom stereocenters. The maximum Gasteiger partial charge on any atom is 0.373 e. The topological polar surface area (TPSA) is 85.8 Å². The molecule has 0 aliphatic heterocycles. The molecule has 6 nitrogen and oxygen atoms in total. The minimum absolute atomic E-state index is 0.148. The lowest BCUT2D eigenvalue weighted by Crippen LogP contribution is -2.21. The van der Waals surface area contributed by atoms with E-state index in [2.05, 4.69) is 15.3 Å². The van der Waals surface area contributed by atoms with Gasteiger partial charge < -0.3 is 11.1 Å². The molecule has 0 spiro atoms. The summed E-state index contributed by atoms with van der Waals surface area (Å²) in [5, 5.41) is 2.71. The number of nitrogens with one attached hydrogen (secondary N) is 1. The first kappa shape index (κ1) is 7.52. The van der Waals surface area contributed by atoms with Gasteiger partial charge in [-0.15, -0.1) is 0 Å². The summed E-state index contributed by atoms with van der Waals surface area (Å²) in [7, 11) is 3.32. The molecule has 60 valence electrons. The van der Waals surface area contributed by atoms with Crippen molar-refractivity contribution in [2.45, 2.75) is 0 Å². The van der Waals surface area contributed by atoms with Gasteiger partial charge >= 0.3 is 5.69 Å². The molecule has 0 aromatic carbocycles. The summed E-state index contributed by atoms with van der Waals surface area (Å²) in [5.41, 5.74) is 4.79. The second kappa shape index (κ2) is 2.57. The molecule has 0 aliphatic carbocycles. The van der Waals surface area contributed by atoms with Gasteiger partial charge in [-0.25, -0.2) is 4.79 Å². The third kappa shape index (κ3) is 1.28. The maximum atomic E-state index is 10.7. The fourth-order valence-electron chi connectivity index (χ4n) is 0.696. The molecule has 0 amide bonds. The Kier molecular flexibility index (Phi) is 1.75. The van der Waals surface area contributed by atoms with E-state index in [-0.39, 0.29) is 5.95 Å². The van der Waals surface area contributed by atoms with Gasteiger partial charge in [0.1, 0.15) is 0 Å². The molecule has 11 heavy (non-hydrogen) atoms. The molecular formula is C5H9N5O. The number of aromatic nitrogens is 3. The third-order valence-electron chi connectivity index (χ3n) is 1.30. The van der Waals surface area contributed by atoms with Gasteiger partial charge in [0.25, 0.3) is 0 Å². The first-order chi connectivity index (χ1) is 5.15. The summed E-state index contributed by atoms with van der Waals surface area (Å²) in [6.45, 7) is 0. The number of nitrogens with zero attached hydrogens (tertiary/aromatic N) is 3. The summed E-state index contributed by atoms with van der Waals surface area (Å²) in [6, 6.07) is 0. The molecule has 0 saturated carbocycles. The van der Waals surface area contributed by atoms with Gasteiger partial charge in [-0.3, -0.25) is 4.57 Å². The number of rotatable bonds is 1. The van der Waals surface area contributed by atoms with Crippen molar-refractivity contribution in [2.24, 2.45) is 7.05 Å². The summed E-state index contributed by atoms with van der Waals surface area (Å²) >= 11 is 0. The predicted molar refractivity (Wildman–Crippen MR) is 41.2 cm³/mol. The van der Waals surface area contributed by atoms with Crippen LogP contribution in [0.1, 0.15) is 0 Å². The predicted octanol–water partition coefficient (Wildman–Crippen LogP) is -1.20. The summed E-state index contributed by atoms with van der Waals surface area (Å²) in [4.78, 5) is 17.6. The molecule has 1 aromatic heterocycles. The molecule has 0 saturated heterocycles. The highest BCUT2D eigenvalue weighted by Crippen LogP contribution is 1.99. The lowest BCUT2D eigenvalue weighted by Gasteiger charge is -2.06. The second-order valence-electron chi connectivity index (χ2n) is 2.00. The van der Waals surface area contributed by atoms with Gasteiger partial charge in [-0.1, -0.05) is 0 Å². The average Bonchev–Trinajstić information content (AvgIpc) is 1.96. The monoisotopic (exact) mass is 155 g/mol. The minimum Gasteiger partial charge on any atom is -0.369 e. The molecule has 0 bridgehead atoms. The fraction of sp³-hybridized carbons (Fsp3) is 0.400. The first-order valence-electron chi connectivity index (χ1n) is 3.03. The molecule has 1 aromatic rings. The van der Waals surface area contributed by atoms with E-state index >= 15 is 0 Å². The van der Waals surface area contributed by atoms with E-state index in [1.54, 1.807) is 14.1 Å². The van der Waals surface area contributed by atoms with Crippen molar-refractivity contribution >= 4 is 11.9 Å². The SMILES string of the molecule is CNc1nc(=O)nc(N)n1C. The molecule has 0 radical (unpaired) electrons. The zero-order valence-electron chi connectivity index (χ0n) is 6.33. The molecule has 6 heteroatoms. The van der Waals surface area contributed by atoms with Crippen LogP contribution < -0.4 is 16.7 Å². The van der Waals surface area contributed by atoms with Crippen molar-refractivity contribution < 1.29 is 0 Å². The Balaban J connectivity index is 3.36. The Morgan fingerprint density at radius 3 is 2.73 bits per heavy atom. The van der Waals surface area contributed by atoms with Crippen LogP contribution in [0.15, 0.2) is 4.79 Å². The van der Waals surface area contributed by atoms with Crippen LogP contribution in [0.2, 0.25) is 0 Å². The van der Waals surface area contributed by atoms with E-state index in [1.807, 2.05) is 0 Å². The molecule has 1 rings (SSSR count). The van der Waals surface area contributed by atoms with Crippen LogP contribution in [0.5, 0.6) is 0 Å². The lowest BCUT2D eigenvalue weighted by molar-refractivity contribution is 0.827. The number of nitrogen functional groups attached to an aromatic ring is 1. The highest BCUT2D eigenvalue weighted by atomic mass is 16.1. The Morgan fingerprint density at radius 1 is 1.55 bits per heavy atom. The number of anilines is 2. The molecule has 0 fully saturated rings. The van der Waals surface area contributed by atoms with Crippen molar-refractivity contribution in [2.75, 3.05) is 18.1 Å². The van der Waals surface area contributed by atoms with Crippen LogP contribution in [0, 0.1) is 0 Å². The van der Waals surface area contributed by atoms with Crippen LogP contribution in [0.3, 0.4) is 0 Å². The van der Waals surface area contributed by atoms with Gasteiger partial charge in [0.15, 0.2) is 0 Å². The van der Waals surface area contributed by atoms with E-state index in [4.69, 9.17) is 5.73 Å². The van der Waals surface area contributed by atoms with E-state index in [0.29, 0.717) is 5.95 Å². The van der Waals surface area contributed by atoms with E-state index in [0.717, 1.165) is 0 Å². The standard InChI is InChI=1S/C5H9N5O/c1-7-4-9-5(11)8-3(6)10(4)2/h1-2H3,(H3,6,7,8,9,11). The summed E-state index contributed by atoms with van der Waals surface area (Å²) < 4.78 is 1.49. The van der Waals surface area contributed by atoms with Crippen LogP contribution in [-0.2, 0) is 7.05 Å². The second-order valence-corrected chi connectivity index (χ2v) is 2.00. The van der Waals surface area contributed by atoms with E-state index < -0.39 is 5.69 Å². The highest BCUT2D eigenvalue weighted by Gasteiger charge is 2.00. The molecule has 0 atom stereocenters. The van der Waals surface area contributed by atoms with Crippen molar-refractivity contribution in [1.29, 1.82) is 0 Å². The Hall–Kier alpha value is -1.59. The summed E-state index contributed by atoms with van der Waals surface area (Å²) in [5.74, 6) is 0.553. The van der Waals surface area contributed by atoms with Crippen LogP contribution in [0.4, 0.5) is 11.9 Å². The zero-order chi connectivity index (χ0) is 8.43. The third-order valence-corrected chi connectivity index (χ3v) is 1.30. The molecular weight excluding hydrogens is 146 g/mol. The van der Waals surface area contributed by atoms with Gasteiger partial charge in [-0.2, -0.15) is 9.97 Å². The Labute approximate surface area is 63.1 Å². The summed E-state index contributed by atoms with van der Waals surface area (Å²) in [6.07, 6.45) is 0. The number of hydrogen-bond acceptors (Lipinski definition) is 5. The average molecular weight is 155 g/mol. The van der Waals surface area contributed by atoms with Gasteiger partial charge in [0, 0.05) is 14.1 Å².